The molecule has 10 nitrogen and oxygen atoms in total. The molecule has 0 N–H and O–H groups in total. The molecule has 0 atom stereocenters. The van der Waals surface area contributed by atoms with Gasteiger partial charge in [-0.05, 0) is 41.5 Å². The molecular weight excluding hydrogens is 407 g/mol. The molecule has 0 aromatic carbocycles. The van der Waals surface area contributed by atoms with E-state index >= 15 is 0 Å². The van der Waals surface area contributed by atoms with Crippen molar-refractivity contribution in [3.63, 3.8) is 0 Å². The third-order valence-electron chi connectivity index (χ3n) is 3.78. The Morgan fingerprint density at radius 3 is 0.556 bits per heavy atom. The molecule has 0 heterocycles. The number of Topliss-reactive ketones (excluding diaryl/α,β-unsaturated/α-hetero) is 6. The van der Waals surface area contributed by atoms with Crippen molar-refractivity contribution in [2.45, 2.75) is 41.5 Å². The van der Waals surface area contributed by atoms with E-state index in [-0.39, 0.29) is 17.1 Å². The van der Waals surface area contributed by atoms with Gasteiger partial charge < -0.3 is 19.8 Å². The zero-order valence-corrected chi connectivity index (χ0v) is 16.6. The second kappa shape index (κ2) is 10.6. The van der Waals surface area contributed by atoms with Gasteiger partial charge in [0, 0.05) is 0 Å². The van der Waals surface area contributed by atoms with Crippen LogP contribution in [-0.2, 0) is 55.4 Å². The van der Waals surface area contributed by atoms with Gasteiger partial charge in [-0.15, -0.1) is 0 Å². The van der Waals surface area contributed by atoms with Crippen LogP contribution in [0.2, 0.25) is 0 Å². The number of carboxylic acids is 2. The largest absolute Gasteiger partial charge is 2.00 e. The minimum Gasteiger partial charge on any atom is -0.548 e. The number of ketones is 6. The molecule has 27 heavy (non-hydrogen) atoms. The number of hydrogen-bond acceptors (Lipinski definition) is 10. The Balaban J connectivity index is -0.000000411. The second-order valence-corrected chi connectivity index (χ2v) is 5.41. The summed E-state index contributed by atoms with van der Waals surface area (Å²) in [7, 11) is 0. The SMILES string of the molecule is CC(=O)C(C(C)=O)(C(C)=O)C(=O)[O-].CC(=O)C(C(C)=O)(C(C)=O)C(=O)[O-].[Mn+2]. The number of aliphatic carboxylic acids is 2. The van der Waals surface area contributed by atoms with Crippen LogP contribution in [0, 0.1) is 10.8 Å². The first-order valence-corrected chi connectivity index (χ1v) is 7.04. The first-order valence-electron chi connectivity index (χ1n) is 7.04. The quantitative estimate of drug-likeness (QED) is 0.286. The molecule has 0 aliphatic carbocycles. The van der Waals surface area contributed by atoms with Gasteiger partial charge >= 0.3 is 17.1 Å². The Morgan fingerprint density at radius 2 is 0.556 bits per heavy atom. The minimum absolute atomic E-state index is 0. The molecule has 0 aliphatic rings. The Bertz CT molecular complexity index is 521. The summed E-state index contributed by atoms with van der Waals surface area (Å²) >= 11 is 0. The van der Waals surface area contributed by atoms with Gasteiger partial charge in [-0.2, -0.15) is 0 Å². The fourth-order valence-corrected chi connectivity index (χ4v) is 2.35. The van der Waals surface area contributed by atoms with Gasteiger partial charge in [0.2, 0.25) is 0 Å². The standard InChI is InChI=1S/2C8H10O5.Mn/c2*1-4(9)8(5(2)10,6(3)11)7(12)13;/h2*1-3H3,(H,12,13);/q;;+2/p-2. The van der Waals surface area contributed by atoms with Crippen LogP contribution in [0.1, 0.15) is 41.5 Å². The van der Waals surface area contributed by atoms with Crippen molar-refractivity contribution in [1.82, 2.24) is 0 Å². The summed E-state index contributed by atoms with van der Waals surface area (Å²) in [6.45, 7) is 5.24. The third-order valence-corrected chi connectivity index (χ3v) is 3.78. The molecule has 0 saturated heterocycles. The van der Waals surface area contributed by atoms with Crippen molar-refractivity contribution in [2.24, 2.45) is 10.8 Å². The first-order chi connectivity index (χ1) is 11.5. The summed E-state index contributed by atoms with van der Waals surface area (Å²) in [6, 6.07) is 0. The summed E-state index contributed by atoms with van der Waals surface area (Å²) in [6.07, 6.45) is 0. The van der Waals surface area contributed by atoms with E-state index in [1.54, 1.807) is 0 Å². The molecule has 0 saturated carbocycles. The van der Waals surface area contributed by atoms with Gasteiger partial charge in [0.05, 0.1) is 11.9 Å². The normalized spacial score (nSPS) is 10.3. The van der Waals surface area contributed by atoms with Crippen LogP contribution in [0.5, 0.6) is 0 Å². The van der Waals surface area contributed by atoms with Gasteiger partial charge in [0.1, 0.15) is 0 Å². The van der Waals surface area contributed by atoms with Crippen LogP contribution in [0.25, 0.3) is 0 Å². The zero-order chi connectivity index (χ0) is 21.6. The Hall–Kier alpha value is -2.52. The van der Waals surface area contributed by atoms with Crippen molar-refractivity contribution in [3.05, 3.63) is 0 Å². The molecule has 0 bridgehead atoms. The molecule has 0 spiro atoms. The summed E-state index contributed by atoms with van der Waals surface area (Å²) in [5, 5.41) is 21.1. The average Bonchev–Trinajstić information content (AvgIpc) is 2.35. The molecule has 0 aromatic heterocycles. The molecule has 0 aromatic rings. The minimum atomic E-state index is -2.61. The Kier molecular flexibility index (Phi) is 11.5. The maximum absolute atomic E-state index is 10.9. The van der Waals surface area contributed by atoms with Gasteiger partial charge in [-0.25, -0.2) is 0 Å². The molecule has 0 aliphatic heterocycles. The van der Waals surface area contributed by atoms with Crippen molar-refractivity contribution >= 4 is 46.6 Å². The van der Waals surface area contributed by atoms with E-state index in [1.807, 2.05) is 0 Å². The van der Waals surface area contributed by atoms with Gasteiger partial charge in [-0.3, -0.25) is 28.8 Å². The van der Waals surface area contributed by atoms with E-state index in [4.69, 9.17) is 0 Å². The number of hydrogen-bond donors (Lipinski definition) is 0. The van der Waals surface area contributed by atoms with E-state index in [0.29, 0.717) is 0 Å². The predicted molar refractivity (Wildman–Crippen MR) is 79.0 cm³/mol. The number of rotatable bonds is 8. The molecule has 0 unspecified atom stereocenters. The fraction of sp³-hybridized carbons (Fsp3) is 0.500. The molecule has 0 rings (SSSR count). The van der Waals surface area contributed by atoms with Crippen LogP contribution in [0.4, 0.5) is 0 Å². The predicted octanol–water partition coefficient (Wildman–Crippen LogP) is -3.02. The van der Waals surface area contributed by atoms with E-state index in [1.165, 1.54) is 0 Å². The van der Waals surface area contributed by atoms with E-state index in [2.05, 4.69) is 0 Å². The van der Waals surface area contributed by atoms with Crippen LogP contribution < -0.4 is 10.2 Å². The summed E-state index contributed by atoms with van der Waals surface area (Å²) in [5.74, 6) is -10.0. The molecule has 11 heteroatoms. The first kappa shape index (κ1) is 29.3. The molecule has 1 radical (unpaired) electrons. The summed E-state index contributed by atoms with van der Waals surface area (Å²) in [5.41, 5.74) is -5.22. The van der Waals surface area contributed by atoms with Crippen molar-refractivity contribution < 1.29 is 65.6 Å². The Labute approximate surface area is 165 Å². The van der Waals surface area contributed by atoms with Gasteiger partial charge in [-0.1, -0.05) is 0 Å². The number of carbonyl (C=O) groups is 8. The molecular formula is C16H18MnO10. The van der Waals surface area contributed by atoms with E-state index in [9.17, 15) is 48.6 Å². The number of carboxylic acid groups (broad SMARTS) is 2. The molecule has 0 amide bonds. The number of carbonyl (C=O) groups excluding carboxylic acids is 8. The van der Waals surface area contributed by atoms with E-state index in [0.717, 1.165) is 41.5 Å². The second-order valence-electron chi connectivity index (χ2n) is 5.41. The average molecular weight is 425 g/mol. The smallest absolute Gasteiger partial charge is 0.548 e. The van der Waals surface area contributed by atoms with Crippen LogP contribution in [0.3, 0.4) is 0 Å². The van der Waals surface area contributed by atoms with Crippen molar-refractivity contribution in [3.8, 4) is 0 Å². The summed E-state index contributed by atoms with van der Waals surface area (Å²) < 4.78 is 0. The zero-order valence-electron chi connectivity index (χ0n) is 15.5. The van der Waals surface area contributed by atoms with Gasteiger partial charge in [0.25, 0.3) is 0 Å². The van der Waals surface area contributed by atoms with E-state index < -0.39 is 57.5 Å². The van der Waals surface area contributed by atoms with Crippen LogP contribution in [-0.4, -0.2) is 46.6 Å². The van der Waals surface area contributed by atoms with Crippen molar-refractivity contribution in [2.75, 3.05) is 0 Å². The Morgan fingerprint density at radius 1 is 0.444 bits per heavy atom. The maximum Gasteiger partial charge on any atom is 2.00 e. The van der Waals surface area contributed by atoms with Crippen LogP contribution in [0.15, 0.2) is 0 Å². The monoisotopic (exact) mass is 425 g/mol. The maximum atomic E-state index is 10.9. The molecule has 149 valence electrons. The fourth-order valence-electron chi connectivity index (χ4n) is 2.35. The summed E-state index contributed by atoms with van der Waals surface area (Å²) in [4.78, 5) is 86.7. The van der Waals surface area contributed by atoms with Crippen LogP contribution >= 0.6 is 0 Å². The van der Waals surface area contributed by atoms with Gasteiger partial charge in [0.15, 0.2) is 45.5 Å². The molecule has 0 fully saturated rings. The third kappa shape index (κ3) is 5.24. The topological polar surface area (TPSA) is 183 Å². The van der Waals surface area contributed by atoms with Crippen molar-refractivity contribution in [1.29, 1.82) is 0 Å².